The van der Waals surface area contributed by atoms with Gasteiger partial charge in [0.05, 0.1) is 12.2 Å². The van der Waals surface area contributed by atoms with Crippen LogP contribution in [0.5, 0.6) is 0 Å². The maximum Gasteiger partial charge on any atom is 0.163 e. The van der Waals surface area contributed by atoms with Crippen LogP contribution in [0, 0.1) is 5.92 Å². The van der Waals surface area contributed by atoms with Gasteiger partial charge in [-0.1, -0.05) is 19.1 Å². The van der Waals surface area contributed by atoms with Gasteiger partial charge < -0.3 is 9.47 Å². The molecule has 68 valence electrons. The Morgan fingerprint density at radius 1 is 1.33 bits per heavy atom. The predicted molar refractivity (Wildman–Crippen MR) is 46.7 cm³/mol. The molecule has 3 atom stereocenters. The van der Waals surface area contributed by atoms with E-state index in [-0.39, 0.29) is 18.0 Å². The van der Waals surface area contributed by atoms with Gasteiger partial charge in [-0.25, -0.2) is 0 Å². The SMILES string of the molecule is C[C@H]1C=CC[C@@H]2OC(C)(C)O[C@@H]21. The average molecular weight is 168 g/mol. The van der Waals surface area contributed by atoms with Gasteiger partial charge in [0.15, 0.2) is 5.79 Å². The molecule has 2 nitrogen and oxygen atoms in total. The second-order valence-corrected chi connectivity index (χ2v) is 4.16. The van der Waals surface area contributed by atoms with Crippen molar-refractivity contribution in [2.24, 2.45) is 5.92 Å². The molecule has 0 bridgehead atoms. The van der Waals surface area contributed by atoms with Gasteiger partial charge in [-0.05, 0) is 20.3 Å². The van der Waals surface area contributed by atoms with Crippen LogP contribution in [-0.2, 0) is 9.47 Å². The Bertz CT molecular complexity index is 208. The first-order valence-electron chi connectivity index (χ1n) is 4.61. The van der Waals surface area contributed by atoms with E-state index in [9.17, 15) is 0 Å². The minimum atomic E-state index is -0.379. The summed E-state index contributed by atoms with van der Waals surface area (Å²) in [6.45, 7) is 6.15. The Labute approximate surface area is 73.5 Å². The highest BCUT2D eigenvalue weighted by atomic mass is 16.8. The van der Waals surface area contributed by atoms with Crippen LogP contribution in [0.2, 0.25) is 0 Å². The summed E-state index contributed by atoms with van der Waals surface area (Å²) in [5, 5.41) is 0. The van der Waals surface area contributed by atoms with Crippen LogP contribution in [0.25, 0.3) is 0 Å². The summed E-state index contributed by atoms with van der Waals surface area (Å²) >= 11 is 0. The van der Waals surface area contributed by atoms with Crippen molar-refractivity contribution >= 4 is 0 Å². The van der Waals surface area contributed by atoms with Crippen LogP contribution in [-0.4, -0.2) is 18.0 Å². The molecule has 0 saturated carbocycles. The van der Waals surface area contributed by atoms with Gasteiger partial charge in [-0.15, -0.1) is 0 Å². The van der Waals surface area contributed by atoms with E-state index in [4.69, 9.17) is 9.47 Å². The van der Waals surface area contributed by atoms with Crippen LogP contribution in [0.3, 0.4) is 0 Å². The Balaban J connectivity index is 2.15. The summed E-state index contributed by atoms with van der Waals surface area (Å²) in [5.74, 6) is 0.112. The molecule has 0 spiro atoms. The van der Waals surface area contributed by atoms with E-state index in [2.05, 4.69) is 19.1 Å². The first kappa shape index (κ1) is 8.27. The molecule has 0 N–H and O–H groups in total. The lowest BCUT2D eigenvalue weighted by atomic mass is 9.92. The van der Waals surface area contributed by atoms with E-state index < -0.39 is 0 Å². The van der Waals surface area contributed by atoms with Crippen LogP contribution >= 0.6 is 0 Å². The Kier molecular flexibility index (Phi) is 1.77. The zero-order valence-electron chi connectivity index (χ0n) is 7.91. The summed E-state index contributed by atoms with van der Waals surface area (Å²) in [7, 11) is 0. The number of ether oxygens (including phenoxy) is 2. The molecule has 1 fully saturated rings. The molecule has 0 aromatic heterocycles. The molecule has 2 heteroatoms. The van der Waals surface area contributed by atoms with Crippen LogP contribution in [0.1, 0.15) is 27.2 Å². The second-order valence-electron chi connectivity index (χ2n) is 4.16. The van der Waals surface area contributed by atoms with Gasteiger partial charge >= 0.3 is 0 Å². The monoisotopic (exact) mass is 168 g/mol. The molecule has 1 aliphatic carbocycles. The molecule has 0 aromatic carbocycles. The minimum Gasteiger partial charge on any atom is -0.344 e. The third kappa shape index (κ3) is 1.29. The molecule has 0 amide bonds. The lowest BCUT2D eigenvalue weighted by Gasteiger charge is -2.23. The zero-order valence-corrected chi connectivity index (χ0v) is 7.91. The molecule has 0 unspecified atom stereocenters. The van der Waals surface area contributed by atoms with Gasteiger partial charge in [-0.3, -0.25) is 0 Å². The lowest BCUT2D eigenvalue weighted by molar-refractivity contribution is -0.147. The van der Waals surface area contributed by atoms with Gasteiger partial charge in [0.1, 0.15) is 0 Å². The Morgan fingerprint density at radius 2 is 2.08 bits per heavy atom. The number of rotatable bonds is 0. The highest BCUT2D eigenvalue weighted by Gasteiger charge is 2.43. The van der Waals surface area contributed by atoms with E-state index in [1.165, 1.54) is 0 Å². The quantitative estimate of drug-likeness (QED) is 0.516. The lowest BCUT2D eigenvalue weighted by Crippen LogP contribution is -2.30. The molecule has 1 heterocycles. The van der Waals surface area contributed by atoms with Crippen molar-refractivity contribution in [1.82, 2.24) is 0 Å². The number of hydrogen-bond donors (Lipinski definition) is 0. The van der Waals surface area contributed by atoms with Crippen LogP contribution in [0.15, 0.2) is 12.2 Å². The fraction of sp³-hybridized carbons (Fsp3) is 0.800. The first-order chi connectivity index (χ1) is 5.58. The smallest absolute Gasteiger partial charge is 0.163 e. The second kappa shape index (κ2) is 2.57. The van der Waals surface area contributed by atoms with Gasteiger partial charge in [-0.2, -0.15) is 0 Å². The van der Waals surface area contributed by atoms with Crippen molar-refractivity contribution in [3.63, 3.8) is 0 Å². The van der Waals surface area contributed by atoms with Crippen molar-refractivity contribution in [2.45, 2.75) is 45.2 Å². The summed E-state index contributed by atoms with van der Waals surface area (Å²) in [4.78, 5) is 0. The van der Waals surface area contributed by atoms with E-state index in [0.717, 1.165) is 6.42 Å². The number of hydrogen-bond acceptors (Lipinski definition) is 2. The third-order valence-corrected chi connectivity index (χ3v) is 2.55. The van der Waals surface area contributed by atoms with Gasteiger partial charge in [0.25, 0.3) is 0 Å². The topological polar surface area (TPSA) is 18.5 Å². The summed E-state index contributed by atoms with van der Waals surface area (Å²) in [6.07, 6.45) is 5.95. The Hall–Kier alpha value is -0.340. The highest BCUT2D eigenvalue weighted by molar-refractivity contribution is 5.03. The van der Waals surface area contributed by atoms with Crippen LogP contribution < -0.4 is 0 Å². The van der Waals surface area contributed by atoms with Crippen LogP contribution in [0.4, 0.5) is 0 Å². The molecule has 1 aliphatic heterocycles. The van der Waals surface area contributed by atoms with E-state index in [0.29, 0.717) is 5.92 Å². The molecule has 2 aliphatic rings. The van der Waals surface area contributed by atoms with Crippen molar-refractivity contribution in [3.8, 4) is 0 Å². The average Bonchev–Trinajstić information content (AvgIpc) is 2.25. The van der Waals surface area contributed by atoms with Gasteiger partial charge in [0, 0.05) is 5.92 Å². The molecular formula is C10H16O2. The molecule has 2 rings (SSSR count). The largest absolute Gasteiger partial charge is 0.344 e. The fourth-order valence-electron chi connectivity index (χ4n) is 2.03. The van der Waals surface area contributed by atoms with Crippen molar-refractivity contribution < 1.29 is 9.47 Å². The standard InChI is InChI=1S/C10H16O2/c1-7-5-4-6-8-9(7)12-10(2,3)11-8/h4-5,7-9H,6H2,1-3H3/t7-,8-,9+/m0/s1. The highest BCUT2D eigenvalue weighted by Crippen LogP contribution is 2.36. The molecule has 12 heavy (non-hydrogen) atoms. The maximum atomic E-state index is 5.79. The molecule has 0 aromatic rings. The van der Waals surface area contributed by atoms with Crippen molar-refractivity contribution in [1.29, 1.82) is 0 Å². The van der Waals surface area contributed by atoms with Crippen molar-refractivity contribution in [3.05, 3.63) is 12.2 Å². The summed E-state index contributed by atoms with van der Waals surface area (Å²) in [6, 6.07) is 0. The molecule has 0 radical (unpaired) electrons. The number of fused-ring (bicyclic) bond motifs is 1. The van der Waals surface area contributed by atoms with E-state index >= 15 is 0 Å². The normalized spacial score (nSPS) is 44.4. The Morgan fingerprint density at radius 3 is 2.75 bits per heavy atom. The maximum absolute atomic E-state index is 5.79. The summed E-state index contributed by atoms with van der Waals surface area (Å²) < 4.78 is 11.5. The predicted octanol–water partition coefficient (Wildman–Crippen LogP) is 2.10. The van der Waals surface area contributed by atoms with E-state index in [1.807, 2.05) is 13.8 Å². The molecular weight excluding hydrogens is 152 g/mol. The fourth-order valence-corrected chi connectivity index (χ4v) is 2.03. The molecule has 1 saturated heterocycles. The third-order valence-electron chi connectivity index (χ3n) is 2.55. The first-order valence-corrected chi connectivity index (χ1v) is 4.61. The summed E-state index contributed by atoms with van der Waals surface area (Å²) in [5.41, 5.74) is 0. The van der Waals surface area contributed by atoms with E-state index in [1.54, 1.807) is 0 Å². The van der Waals surface area contributed by atoms with Crippen molar-refractivity contribution in [2.75, 3.05) is 0 Å². The minimum absolute atomic E-state index is 0.269. The van der Waals surface area contributed by atoms with Gasteiger partial charge in [0.2, 0.25) is 0 Å². The zero-order chi connectivity index (χ0) is 8.77.